The SMILES string of the molecule is C#CN(C(=O)C(Cc1ccccc1)NC(=O)OC(C)(C)C)C(C(=O)NC(C)C)c1cccc(C)c1. The van der Waals surface area contributed by atoms with Crippen molar-refractivity contribution in [2.75, 3.05) is 0 Å². The first kappa shape index (κ1) is 27.5. The Morgan fingerprint density at radius 1 is 1.03 bits per heavy atom. The summed E-state index contributed by atoms with van der Waals surface area (Å²) in [6, 6.07) is 16.6. The van der Waals surface area contributed by atoms with E-state index in [1.165, 1.54) is 0 Å². The molecule has 0 radical (unpaired) electrons. The van der Waals surface area contributed by atoms with E-state index in [1.54, 1.807) is 32.9 Å². The average Bonchev–Trinajstić information content (AvgIpc) is 2.75. The molecule has 2 N–H and O–H groups in total. The summed E-state index contributed by atoms with van der Waals surface area (Å²) in [6.45, 7) is 10.8. The Labute approximate surface area is 208 Å². The molecule has 0 aliphatic rings. The predicted molar refractivity (Wildman–Crippen MR) is 136 cm³/mol. The van der Waals surface area contributed by atoms with Crippen LogP contribution in [0.1, 0.15) is 57.4 Å². The van der Waals surface area contributed by atoms with Gasteiger partial charge in [-0.3, -0.25) is 14.5 Å². The van der Waals surface area contributed by atoms with Gasteiger partial charge in [0.05, 0.1) is 0 Å². The number of ether oxygens (including phenoxy) is 1. The fourth-order valence-corrected chi connectivity index (χ4v) is 3.55. The average molecular weight is 478 g/mol. The Kier molecular flexibility index (Phi) is 9.47. The Balaban J connectivity index is 2.47. The van der Waals surface area contributed by atoms with Crippen molar-refractivity contribution in [2.45, 2.75) is 71.7 Å². The van der Waals surface area contributed by atoms with Crippen molar-refractivity contribution in [2.24, 2.45) is 0 Å². The van der Waals surface area contributed by atoms with Crippen LogP contribution < -0.4 is 10.6 Å². The highest BCUT2D eigenvalue weighted by Gasteiger charge is 2.36. The lowest BCUT2D eigenvalue weighted by molar-refractivity contribution is -0.138. The predicted octanol–water partition coefficient (Wildman–Crippen LogP) is 4.12. The molecular weight excluding hydrogens is 442 g/mol. The highest BCUT2D eigenvalue weighted by atomic mass is 16.6. The van der Waals surface area contributed by atoms with Gasteiger partial charge in [-0.2, -0.15) is 0 Å². The maximum atomic E-state index is 13.8. The molecule has 0 aliphatic heterocycles. The smallest absolute Gasteiger partial charge is 0.408 e. The van der Waals surface area contributed by atoms with Crippen LogP contribution in [0.2, 0.25) is 0 Å². The molecule has 0 heterocycles. The van der Waals surface area contributed by atoms with Gasteiger partial charge in [0.2, 0.25) is 5.91 Å². The number of alkyl carbamates (subject to hydrolysis) is 1. The van der Waals surface area contributed by atoms with E-state index < -0.39 is 35.6 Å². The minimum Gasteiger partial charge on any atom is -0.444 e. The molecule has 0 aliphatic carbocycles. The lowest BCUT2D eigenvalue weighted by Crippen LogP contribution is -2.52. The second-order valence-corrected chi connectivity index (χ2v) is 9.71. The molecule has 2 unspecified atom stereocenters. The summed E-state index contributed by atoms with van der Waals surface area (Å²) in [6.07, 6.45) is 5.24. The number of rotatable bonds is 8. The Hall–Kier alpha value is -3.79. The van der Waals surface area contributed by atoms with E-state index in [1.807, 2.05) is 63.2 Å². The van der Waals surface area contributed by atoms with Crippen LogP contribution in [-0.4, -0.2) is 40.5 Å². The molecule has 35 heavy (non-hydrogen) atoms. The van der Waals surface area contributed by atoms with E-state index in [0.717, 1.165) is 16.0 Å². The quantitative estimate of drug-likeness (QED) is 0.442. The minimum absolute atomic E-state index is 0.162. The van der Waals surface area contributed by atoms with Gasteiger partial charge in [-0.1, -0.05) is 66.6 Å². The molecule has 0 bridgehead atoms. The molecule has 3 amide bonds. The number of nitrogens with one attached hydrogen (secondary N) is 2. The molecule has 186 valence electrons. The molecular formula is C28H35N3O4. The van der Waals surface area contributed by atoms with Crippen molar-refractivity contribution in [3.8, 4) is 12.5 Å². The van der Waals surface area contributed by atoms with E-state index in [9.17, 15) is 14.4 Å². The number of carbonyl (C=O) groups is 3. The first-order valence-corrected chi connectivity index (χ1v) is 11.6. The second-order valence-electron chi connectivity index (χ2n) is 9.71. The van der Waals surface area contributed by atoms with Crippen LogP contribution in [0, 0.1) is 19.4 Å². The van der Waals surface area contributed by atoms with E-state index in [0.29, 0.717) is 5.56 Å². The molecule has 0 aromatic heterocycles. The number of carbonyl (C=O) groups excluding carboxylic acids is 3. The van der Waals surface area contributed by atoms with Crippen molar-refractivity contribution in [1.29, 1.82) is 0 Å². The molecule has 2 aromatic rings. The number of hydrogen-bond donors (Lipinski definition) is 2. The highest BCUT2D eigenvalue weighted by Crippen LogP contribution is 2.24. The lowest BCUT2D eigenvalue weighted by atomic mass is 9.99. The molecule has 2 aromatic carbocycles. The van der Waals surface area contributed by atoms with Gasteiger partial charge in [0, 0.05) is 18.5 Å². The van der Waals surface area contributed by atoms with Crippen molar-refractivity contribution in [3.05, 3.63) is 71.3 Å². The zero-order valence-corrected chi connectivity index (χ0v) is 21.3. The Morgan fingerprint density at radius 2 is 1.69 bits per heavy atom. The molecule has 0 fully saturated rings. The van der Waals surface area contributed by atoms with Gasteiger partial charge < -0.3 is 15.4 Å². The number of amides is 3. The third-order valence-electron chi connectivity index (χ3n) is 4.94. The Bertz CT molecular complexity index is 1070. The topological polar surface area (TPSA) is 87.7 Å². The Morgan fingerprint density at radius 3 is 2.23 bits per heavy atom. The largest absolute Gasteiger partial charge is 0.444 e. The summed E-state index contributed by atoms with van der Waals surface area (Å²) in [5.41, 5.74) is 1.56. The van der Waals surface area contributed by atoms with Crippen LogP contribution in [0.4, 0.5) is 4.79 Å². The van der Waals surface area contributed by atoms with E-state index >= 15 is 0 Å². The van der Waals surface area contributed by atoms with Gasteiger partial charge >= 0.3 is 6.09 Å². The van der Waals surface area contributed by atoms with Gasteiger partial charge in [-0.15, -0.1) is 0 Å². The van der Waals surface area contributed by atoms with Crippen LogP contribution in [0.15, 0.2) is 54.6 Å². The fourth-order valence-electron chi connectivity index (χ4n) is 3.55. The van der Waals surface area contributed by atoms with Crippen molar-refractivity contribution >= 4 is 17.9 Å². The van der Waals surface area contributed by atoms with Crippen LogP contribution >= 0.6 is 0 Å². The van der Waals surface area contributed by atoms with Crippen LogP contribution in [-0.2, 0) is 20.7 Å². The van der Waals surface area contributed by atoms with Gasteiger partial charge in [0.1, 0.15) is 17.7 Å². The molecule has 0 saturated heterocycles. The number of hydrogen-bond acceptors (Lipinski definition) is 4. The summed E-state index contributed by atoms with van der Waals surface area (Å²) >= 11 is 0. The van der Waals surface area contributed by atoms with Crippen LogP contribution in [0.3, 0.4) is 0 Å². The maximum Gasteiger partial charge on any atom is 0.408 e. The van der Waals surface area contributed by atoms with Gasteiger partial charge in [0.25, 0.3) is 5.91 Å². The first-order valence-electron chi connectivity index (χ1n) is 11.6. The lowest BCUT2D eigenvalue weighted by Gasteiger charge is -2.31. The molecule has 0 spiro atoms. The molecule has 7 heteroatoms. The number of nitrogens with zero attached hydrogens (tertiary/aromatic N) is 1. The van der Waals surface area contributed by atoms with E-state index in [-0.39, 0.29) is 12.5 Å². The third kappa shape index (κ3) is 8.49. The van der Waals surface area contributed by atoms with Crippen molar-refractivity contribution in [1.82, 2.24) is 15.5 Å². The zero-order valence-electron chi connectivity index (χ0n) is 21.3. The molecule has 2 rings (SSSR count). The minimum atomic E-state index is -1.08. The summed E-state index contributed by atoms with van der Waals surface area (Å²) < 4.78 is 5.38. The molecule has 0 saturated carbocycles. The number of benzene rings is 2. The monoisotopic (exact) mass is 477 g/mol. The van der Waals surface area contributed by atoms with E-state index in [2.05, 4.69) is 16.7 Å². The number of aryl methyl sites for hydroxylation is 1. The van der Waals surface area contributed by atoms with Crippen LogP contribution in [0.25, 0.3) is 0 Å². The zero-order chi connectivity index (χ0) is 26.2. The molecule has 2 atom stereocenters. The highest BCUT2D eigenvalue weighted by molar-refractivity contribution is 5.93. The summed E-state index contributed by atoms with van der Waals surface area (Å²) in [5, 5.41) is 5.50. The van der Waals surface area contributed by atoms with Gasteiger partial charge in [0.15, 0.2) is 0 Å². The summed E-state index contributed by atoms with van der Waals surface area (Å²) in [5.74, 6) is -1.000. The van der Waals surface area contributed by atoms with Crippen molar-refractivity contribution < 1.29 is 19.1 Å². The normalized spacial score (nSPS) is 12.7. The maximum absolute atomic E-state index is 13.8. The van der Waals surface area contributed by atoms with Gasteiger partial charge in [-0.25, -0.2) is 4.79 Å². The van der Waals surface area contributed by atoms with Crippen molar-refractivity contribution in [3.63, 3.8) is 0 Å². The second kappa shape index (κ2) is 12.1. The third-order valence-corrected chi connectivity index (χ3v) is 4.94. The number of terminal acetylenes is 1. The van der Waals surface area contributed by atoms with Crippen LogP contribution in [0.5, 0.6) is 0 Å². The summed E-state index contributed by atoms with van der Waals surface area (Å²) in [4.78, 5) is 40.7. The van der Waals surface area contributed by atoms with E-state index in [4.69, 9.17) is 11.2 Å². The fraction of sp³-hybridized carbons (Fsp3) is 0.393. The van der Waals surface area contributed by atoms with Gasteiger partial charge in [-0.05, 0) is 52.7 Å². The molecule has 7 nitrogen and oxygen atoms in total. The summed E-state index contributed by atoms with van der Waals surface area (Å²) in [7, 11) is 0. The first-order chi connectivity index (χ1) is 16.4. The standard InChI is InChI=1S/C28H35N3O4/c1-8-31(24(25(32)29-19(2)3)22-16-12-13-20(4)17-22)26(33)23(18-21-14-10-9-11-15-21)30-27(34)35-28(5,6)7/h1,9-17,19,23-24H,18H2,2-7H3,(H,29,32)(H,30,34).